The molecule has 2 aromatic heterocycles. The van der Waals surface area contributed by atoms with E-state index in [4.69, 9.17) is 39.7 Å². The van der Waals surface area contributed by atoms with Gasteiger partial charge in [0, 0.05) is 10.3 Å². The van der Waals surface area contributed by atoms with Crippen molar-refractivity contribution in [2.24, 2.45) is 11.1 Å². The summed E-state index contributed by atoms with van der Waals surface area (Å²) in [6.45, 7) is 1.91. The highest BCUT2D eigenvalue weighted by Gasteiger charge is 2.57. The number of rotatable bonds is 3. The van der Waals surface area contributed by atoms with Gasteiger partial charge in [0.25, 0.3) is 0 Å². The lowest BCUT2D eigenvalue weighted by molar-refractivity contribution is 0.117. The van der Waals surface area contributed by atoms with Gasteiger partial charge in [-0.25, -0.2) is 9.97 Å². The van der Waals surface area contributed by atoms with Crippen LogP contribution in [0.1, 0.15) is 29.7 Å². The highest BCUT2D eigenvalue weighted by Crippen LogP contribution is 2.56. The first-order chi connectivity index (χ1) is 14.9. The monoisotopic (exact) mass is 508 g/mol. The zero-order valence-corrected chi connectivity index (χ0v) is 20.3. The molecule has 0 amide bonds. The maximum atomic E-state index is 7.27. The van der Waals surface area contributed by atoms with Gasteiger partial charge in [-0.05, 0) is 49.5 Å². The van der Waals surface area contributed by atoms with Crippen LogP contribution in [0.5, 0.6) is 0 Å². The highest BCUT2D eigenvalue weighted by molar-refractivity contribution is 7.99. The summed E-state index contributed by atoms with van der Waals surface area (Å²) < 4.78 is 0. The second-order valence-electron chi connectivity index (χ2n) is 8.16. The molecule has 1 unspecified atom stereocenters. The molecule has 168 valence electrons. The number of fused-ring (bicyclic) bond motifs is 1. The molecule has 1 spiro atoms. The summed E-state index contributed by atoms with van der Waals surface area (Å²) in [5.74, 6) is 0.304. The number of aromatic nitrogens is 3. The van der Waals surface area contributed by atoms with Crippen LogP contribution < -0.4 is 16.8 Å². The second kappa shape index (κ2) is 8.97. The number of hydrogen-bond acceptors (Lipinski definition) is 7. The zero-order chi connectivity index (χ0) is 21.6. The predicted octanol–water partition coefficient (Wildman–Crippen LogP) is 4.46. The van der Waals surface area contributed by atoms with Crippen molar-refractivity contribution >= 4 is 53.2 Å². The van der Waals surface area contributed by atoms with E-state index in [2.05, 4.69) is 39.6 Å². The van der Waals surface area contributed by atoms with E-state index in [1.165, 1.54) is 17.3 Å². The number of hydrogen-bond donors (Lipinski definition) is 3. The lowest BCUT2D eigenvalue weighted by Gasteiger charge is -2.46. The average molecular weight is 510 g/mol. The molecule has 1 aliphatic carbocycles. The Hall–Kier alpha value is -1.61. The van der Waals surface area contributed by atoms with Crippen molar-refractivity contribution in [3.8, 4) is 0 Å². The summed E-state index contributed by atoms with van der Waals surface area (Å²) in [6, 6.07) is 10.1. The summed E-state index contributed by atoms with van der Waals surface area (Å²) in [6.07, 6.45) is 6.50. The highest BCUT2D eigenvalue weighted by atomic mass is 35.5. The molecule has 5 rings (SSSR count). The summed E-state index contributed by atoms with van der Waals surface area (Å²) in [4.78, 5) is 14.1. The summed E-state index contributed by atoms with van der Waals surface area (Å²) in [5.41, 5.74) is 15.6. The van der Waals surface area contributed by atoms with E-state index in [1.54, 1.807) is 18.5 Å². The van der Waals surface area contributed by atoms with E-state index >= 15 is 0 Å². The number of pyridine rings is 1. The fraction of sp³-hybridized carbons (Fsp3) is 0.318. The van der Waals surface area contributed by atoms with Crippen molar-refractivity contribution in [2.45, 2.75) is 34.7 Å². The van der Waals surface area contributed by atoms with Crippen molar-refractivity contribution in [3.05, 3.63) is 69.7 Å². The molecule has 1 atom stereocenters. The summed E-state index contributed by atoms with van der Waals surface area (Å²) in [5, 5.41) is 4.67. The van der Waals surface area contributed by atoms with Gasteiger partial charge in [0.1, 0.15) is 10.8 Å². The van der Waals surface area contributed by atoms with Crippen molar-refractivity contribution < 1.29 is 0 Å². The number of benzene rings is 1. The number of nitrogens with two attached hydrogens (primary N) is 2. The number of nitrogens with one attached hydrogen (secondary N) is 1. The molecule has 0 saturated carbocycles. The quantitative estimate of drug-likeness (QED) is 0.448. The van der Waals surface area contributed by atoms with Gasteiger partial charge < -0.3 is 16.8 Å². The molecule has 5 N–H and O–H groups in total. The minimum atomic E-state index is -0.677. The maximum absolute atomic E-state index is 7.27. The molecular weight excluding hydrogens is 487 g/mol. The Bertz CT molecular complexity index is 1140. The number of nitrogens with zero attached hydrogens (tertiary/aromatic N) is 3. The Kier molecular flexibility index (Phi) is 6.60. The van der Waals surface area contributed by atoms with Crippen LogP contribution in [-0.2, 0) is 12.0 Å². The van der Waals surface area contributed by atoms with E-state index in [0.717, 1.165) is 43.6 Å². The molecule has 0 radical (unpaired) electrons. The molecule has 1 aromatic carbocycles. The Morgan fingerprint density at radius 3 is 2.53 bits per heavy atom. The number of piperidine rings is 1. The molecule has 32 heavy (non-hydrogen) atoms. The molecule has 6 nitrogen and oxygen atoms in total. The minimum Gasteiger partial charge on any atom is -0.384 e. The van der Waals surface area contributed by atoms with Crippen LogP contribution in [0.3, 0.4) is 0 Å². The van der Waals surface area contributed by atoms with Gasteiger partial charge in [0.05, 0.1) is 28.6 Å². The second-order valence-corrected chi connectivity index (χ2v) is 9.96. The molecule has 1 aliphatic heterocycles. The van der Waals surface area contributed by atoms with Crippen molar-refractivity contribution in [2.75, 3.05) is 18.8 Å². The van der Waals surface area contributed by atoms with Gasteiger partial charge in [0.15, 0.2) is 5.15 Å². The fourth-order valence-electron chi connectivity index (χ4n) is 4.99. The Labute approximate surface area is 207 Å². The Morgan fingerprint density at radius 1 is 1.06 bits per heavy atom. The molecule has 3 heterocycles. The third-order valence-corrected chi connectivity index (χ3v) is 8.35. The van der Waals surface area contributed by atoms with Gasteiger partial charge in [-0.2, -0.15) is 0 Å². The minimum absolute atomic E-state index is 0. The lowest BCUT2D eigenvalue weighted by Crippen LogP contribution is -2.55. The predicted molar refractivity (Wildman–Crippen MR) is 132 cm³/mol. The third-order valence-electron chi connectivity index (χ3n) is 6.52. The van der Waals surface area contributed by atoms with Gasteiger partial charge >= 0.3 is 0 Å². The van der Waals surface area contributed by atoms with Crippen LogP contribution in [0.2, 0.25) is 10.2 Å². The molecule has 3 aromatic rings. The third kappa shape index (κ3) is 3.75. The normalized spacial score (nSPS) is 21.2. The van der Waals surface area contributed by atoms with Crippen molar-refractivity contribution in [1.82, 2.24) is 20.3 Å². The first-order valence-corrected chi connectivity index (χ1v) is 11.7. The fourth-order valence-corrected chi connectivity index (χ4v) is 6.26. The maximum Gasteiger partial charge on any atom is 0.151 e. The number of anilines is 1. The molecular formula is C22H23Cl3N6S. The van der Waals surface area contributed by atoms with E-state index < -0.39 is 5.54 Å². The van der Waals surface area contributed by atoms with E-state index in [9.17, 15) is 0 Å². The number of nitrogen functional groups attached to an aromatic ring is 1. The smallest absolute Gasteiger partial charge is 0.151 e. The van der Waals surface area contributed by atoms with Crippen LogP contribution in [0.15, 0.2) is 52.6 Å². The van der Waals surface area contributed by atoms with Gasteiger partial charge in [-0.3, -0.25) is 4.98 Å². The van der Waals surface area contributed by atoms with Crippen LogP contribution in [0.4, 0.5) is 5.82 Å². The summed E-state index contributed by atoms with van der Waals surface area (Å²) >= 11 is 13.7. The molecule has 1 saturated heterocycles. The van der Waals surface area contributed by atoms with Crippen molar-refractivity contribution in [1.29, 1.82) is 0 Å². The molecule has 1 fully saturated rings. The van der Waals surface area contributed by atoms with Crippen LogP contribution in [-0.4, -0.2) is 28.0 Å². The van der Waals surface area contributed by atoms with Crippen molar-refractivity contribution in [3.63, 3.8) is 0 Å². The largest absolute Gasteiger partial charge is 0.384 e. The van der Waals surface area contributed by atoms with E-state index in [1.807, 2.05) is 0 Å². The average Bonchev–Trinajstić information content (AvgIpc) is 3.01. The first kappa shape index (κ1) is 23.5. The Balaban J connectivity index is 0.00000245. The van der Waals surface area contributed by atoms with E-state index in [0.29, 0.717) is 20.8 Å². The topological polar surface area (TPSA) is 103 Å². The lowest BCUT2D eigenvalue weighted by atomic mass is 9.63. The SMILES string of the molecule is Cl.Nc1cc(Sc2cnc(C3(N)c4ccccc4CC34CCNCC4)cn2)c(Cl)c(Cl)n1. The zero-order valence-electron chi connectivity index (χ0n) is 17.1. The van der Waals surface area contributed by atoms with Crippen LogP contribution >= 0.6 is 47.4 Å². The Morgan fingerprint density at radius 2 is 1.81 bits per heavy atom. The van der Waals surface area contributed by atoms with Gasteiger partial charge in [-0.1, -0.05) is 59.2 Å². The first-order valence-electron chi connectivity index (χ1n) is 10.1. The van der Waals surface area contributed by atoms with Gasteiger partial charge in [0.2, 0.25) is 0 Å². The van der Waals surface area contributed by atoms with Crippen LogP contribution in [0, 0.1) is 5.41 Å². The van der Waals surface area contributed by atoms with Gasteiger partial charge in [-0.15, -0.1) is 12.4 Å². The molecule has 10 heteroatoms. The molecule has 0 bridgehead atoms. The number of halogens is 3. The molecule has 2 aliphatic rings. The summed E-state index contributed by atoms with van der Waals surface area (Å²) in [7, 11) is 0. The van der Waals surface area contributed by atoms with Crippen LogP contribution in [0.25, 0.3) is 0 Å². The van der Waals surface area contributed by atoms with E-state index in [-0.39, 0.29) is 23.0 Å². The standard InChI is InChI=1S/C22H22Cl2N6S.ClH/c23-19-15(9-17(25)30-20(19)24)31-18-12-28-16(11-29-18)22(26)14-4-2-1-3-13(14)10-21(22)5-7-27-8-6-21;/h1-4,9,11-12,27H,5-8,10,26H2,(H2,25,30);1H.